The van der Waals surface area contributed by atoms with Crippen molar-refractivity contribution in [2.75, 3.05) is 0 Å². The Bertz CT molecular complexity index is 2760. The molecule has 8 aromatic carbocycles. The lowest BCUT2D eigenvalue weighted by atomic mass is 9.89. The molecule has 0 amide bonds. The molecule has 2 nitrogen and oxygen atoms in total. The Hall–Kier alpha value is -5.86. The maximum absolute atomic E-state index is 6.92. The molecule has 2 aromatic heterocycles. The van der Waals surface area contributed by atoms with Crippen LogP contribution in [0.15, 0.2) is 156 Å². The van der Waals surface area contributed by atoms with Crippen LogP contribution in [0.25, 0.3) is 92.9 Å². The third kappa shape index (κ3) is 3.09. The van der Waals surface area contributed by atoms with Gasteiger partial charge in [-0.1, -0.05) is 127 Å². The van der Waals surface area contributed by atoms with Gasteiger partial charge in [0.05, 0.1) is 11.0 Å². The minimum absolute atomic E-state index is 0.906. The lowest BCUT2D eigenvalue weighted by Gasteiger charge is -2.14. The van der Waals surface area contributed by atoms with Crippen molar-refractivity contribution in [3.8, 4) is 16.8 Å². The number of rotatable bonds is 2. The number of hydrogen-bond donors (Lipinski definition) is 0. The van der Waals surface area contributed by atoms with E-state index in [0.717, 1.165) is 27.8 Å². The number of hydrogen-bond acceptors (Lipinski definition) is 1. The van der Waals surface area contributed by atoms with Crippen LogP contribution >= 0.6 is 0 Å². The van der Waals surface area contributed by atoms with Crippen molar-refractivity contribution in [2.24, 2.45) is 0 Å². The zero-order valence-electron chi connectivity index (χ0n) is 23.8. The fourth-order valence-corrected chi connectivity index (χ4v) is 7.55. The van der Waals surface area contributed by atoms with Gasteiger partial charge in [0.2, 0.25) is 0 Å². The van der Waals surface area contributed by atoms with Crippen molar-refractivity contribution in [3.63, 3.8) is 0 Å². The van der Waals surface area contributed by atoms with Crippen LogP contribution in [0.4, 0.5) is 0 Å². The summed E-state index contributed by atoms with van der Waals surface area (Å²) in [6.07, 6.45) is 0. The van der Waals surface area contributed by atoms with Gasteiger partial charge >= 0.3 is 0 Å². The van der Waals surface area contributed by atoms with E-state index in [1.165, 1.54) is 65.1 Å². The van der Waals surface area contributed by atoms with E-state index in [0.29, 0.717) is 0 Å². The molecule has 0 saturated heterocycles. The zero-order chi connectivity index (χ0) is 28.8. The van der Waals surface area contributed by atoms with E-state index < -0.39 is 0 Å². The highest BCUT2D eigenvalue weighted by Crippen LogP contribution is 2.50. The van der Waals surface area contributed by atoms with Crippen molar-refractivity contribution in [2.45, 2.75) is 0 Å². The number of furan rings is 1. The fourth-order valence-electron chi connectivity index (χ4n) is 7.55. The highest BCUT2D eigenvalue weighted by molar-refractivity contribution is 6.44. The first-order chi connectivity index (χ1) is 21.9. The van der Waals surface area contributed by atoms with Crippen molar-refractivity contribution in [3.05, 3.63) is 152 Å². The van der Waals surface area contributed by atoms with Crippen LogP contribution in [-0.4, -0.2) is 4.57 Å². The monoisotopic (exact) mass is 559 g/mol. The van der Waals surface area contributed by atoms with Gasteiger partial charge in [0, 0.05) is 38.0 Å². The van der Waals surface area contributed by atoms with Crippen LogP contribution in [0, 0.1) is 0 Å². The molecule has 2 heterocycles. The SMILES string of the molecule is c1ccc(-c2cccc(-n3c4ccccc4c4c5c6ccccc6c6ccccc6c5c5c6ccccc6oc5c43)c2)cc1. The second-order valence-electron chi connectivity index (χ2n) is 11.6. The van der Waals surface area contributed by atoms with Gasteiger partial charge in [-0.15, -0.1) is 0 Å². The van der Waals surface area contributed by atoms with Crippen molar-refractivity contribution in [1.82, 2.24) is 4.57 Å². The predicted molar refractivity (Wildman–Crippen MR) is 186 cm³/mol. The molecule has 0 atom stereocenters. The van der Waals surface area contributed by atoms with Gasteiger partial charge in [-0.05, 0) is 56.9 Å². The molecule has 10 rings (SSSR count). The summed E-state index contributed by atoms with van der Waals surface area (Å²) in [5.74, 6) is 0. The number of benzene rings is 8. The molecule has 0 aliphatic carbocycles. The molecule has 10 aromatic rings. The zero-order valence-corrected chi connectivity index (χ0v) is 23.8. The maximum atomic E-state index is 6.92. The van der Waals surface area contributed by atoms with Gasteiger partial charge in [-0.25, -0.2) is 0 Å². The van der Waals surface area contributed by atoms with E-state index >= 15 is 0 Å². The Morgan fingerprint density at radius 3 is 1.70 bits per heavy atom. The molecule has 0 spiro atoms. The quantitative estimate of drug-likeness (QED) is 0.193. The summed E-state index contributed by atoms with van der Waals surface area (Å²) in [6, 6.07) is 54.5. The number of aromatic nitrogens is 1. The highest BCUT2D eigenvalue weighted by atomic mass is 16.3. The molecule has 204 valence electrons. The Balaban J connectivity index is 1.53. The first kappa shape index (κ1) is 23.7. The van der Waals surface area contributed by atoms with Crippen LogP contribution in [0.5, 0.6) is 0 Å². The molecule has 0 aliphatic rings. The first-order valence-corrected chi connectivity index (χ1v) is 15.1. The highest BCUT2D eigenvalue weighted by Gasteiger charge is 2.25. The van der Waals surface area contributed by atoms with E-state index in [-0.39, 0.29) is 0 Å². The number of para-hydroxylation sites is 2. The molecule has 0 bridgehead atoms. The van der Waals surface area contributed by atoms with Gasteiger partial charge in [-0.2, -0.15) is 0 Å². The maximum Gasteiger partial charge on any atom is 0.160 e. The van der Waals surface area contributed by atoms with Crippen molar-refractivity contribution < 1.29 is 4.42 Å². The van der Waals surface area contributed by atoms with Gasteiger partial charge in [0.25, 0.3) is 0 Å². The van der Waals surface area contributed by atoms with E-state index in [4.69, 9.17) is 4.42 Å². The van der Waals surface area contributed by atoms with Gasteiger partial charge < -0.3 is 8.98 Å². The second-order valence-corrected chi connectivity index (χ2v) is 11.6. The Kier molecular flexibility index (Phi) is 4.75. The molecule has 0 N–H and O–H groups in total. The van der Waals surface area contributed by atoms with Gasteiger partial charge in [0.15, 0.2) is 5.58 Å². The average Bonchev–Trinajstić information content (AvgIpc) is 3.65. The summed E-state index contributed by atoms with van der Waals surface area (Å²) < 4.78 is 9.34. The fraction of sp³-hybridized carbons (Fsp3) is 0. The molecule has 0 unspecified atom stereocenters. The lowest BCUT2D eigenvalue weighted by Crippen LogP contribution is -1.95. The average molecular weight is 560 g/mol. The second kappa shape index (κ2) is 8.82. The third-order valence-corrected chi connectivity index (χ3v) is 9.33. The van der Waals surface area contributed by atoms with E-state index in [2.05, 4.69) is 156 Å². The van der Waals surface area contributed by atoms with Crippen LogP contribution in [0.2, 0.25) is 0 Å². The van der Waals surface area contributed by atoms with Crippen molar-refractivity contribution in [1.29, 1.82) is 0 Å². The minimum atomic E-state index is 0.906. The van der Waals surface area contributed by atoms with Crippen LogP contribution < -0.4 is 0 Å². The van der Waals surface area contributed by atoms with Crippen LogP contribution in [0.3, 0.4) is 0 Å². The molecular formula is C42H25NO. The van der Waals surface area contributed by atoms with Crippen LogP contribution in [0.1, 0.15) is 0 Å². The topological polar surface area (TPSA) is 18.1 Å². The minimum Gasteiger partial charge on any atom is -0.454 e. The first-order valence-electron chi connectivity index (χ1n) is 15.1. The van der Waals surface area contributed by atoms with E-state index in [9.17, 15) is 0 Å². The summed E-state index contributed by atoms with van der Waals surface area (Å²) in [6.45, 7) is 0. The molecule has 0 saturated carbocycles. The molecular weight excluding hydrogens is 534 g/mol. The smallest absolute Gasteiger partial charge is 0.160 e. The largest absolute Gasteiger partial charge is 0.454 e. The molecule has 2 heteroatoms. The van der Waals surface area contributed by atoms with Gasteiger partial charge in [-0.3, -0.25) is 0 Å². The lowest BCUT2D eigenvalue weighted by molar-refractivity contribution is 0.671. The van der Waals surface area contributed by atoms with E-state index in [1.807, 2.05) is 0 Å². The molecule has 44 heavy (non-hydrogen) atoms. The predicted octanol–water partition coefficient (Wildman–Crippen LogP) is 11.8. The molecule has 0 fully saturated rings. The summed E-state index contributed by atoms with van der Waals surface area (Å²) in [7, 11) is 0. The van der Waals surface area contributed by atoms with Gasteiger partial charge in [0.1, 0.15) is 5.58 Å². The van der Waals surface area contributed by atoms with Crippen molar-refractivity contribution >= 4 is 76.1 Å². The normalized spacial score (nSPS) is 12.1. The molecule has 0 aliphatic heterocycles. The number of nitrogens with zero attached hydrogens (tertiary/aromatic N) is 1. The van der Waals surface area contributed by atoms with E-state index in [1.54, 1.807) is 0 Å². The summed E-state index contributed by atoms with van der Waals surface area (Å²) in [5, 5.41) is 12.4. The summed E-state index contributed by atoms with van der Waals surface area (Å²) in [5.41, 5.74) is 7.61. The Morgan fingerprint density at radius 1 is 0.386 bits per heavy atom. The Labute approximate surface area is 253 Å². The Morgan fingerprint density at radius 2 is 0.955 bits per heavy atom. The summed E-state index contributed by atoms with van der Waals surface area (Å²) in [4.78, 5) is 0. The standard InChI is InChI=1S/C42H25NO/c1-2-13-26(14-3-1)27-15-12-16-28(25-27)43-35-23-10-8-21-33(35)39-37-31-19-6-4-17-29(31)30-18-5-7-20-32(30)38(37)40-34-22-9-11-24-36(34)44-42(40)41(39)43/h1-25H. The molecule has 0 radical (unpaired) electrons. The summed E-state index contributed by atoms with van der Waals surface area (Å²) >= 11 is 0. The van der Waals surface area contributed by atoms with Crippen LogP contribution in [-0.2, 0) is 0 Å². The number of fused-ring (bicyclic) bond motifs is 15. The third-order valence-electron chi connectivity index (χ3n) is 9.33.